The van der Waals surface area contributed by atoms with Gasteiger partial charge in [-0.2, -0.15) is 0 Å². The van der Waals surface area contributed by atoms with Crippen LogP contribution in [0.1, 0.15) is 24.8 Å². The van der Waals surface area contributed by atoms with E-state index < -0.39 is 0 Å². The van der Waals surface area contributed by atoms with Gasteiger partial charge in [-0.3, -0.25) is 4.98 Å². The summed E-state index contributed by atoms with van der Waals surface area (Å²) < 4.78 is 13.1. The summed E-state index contributed by atoms with van der Waals surface area (Å²) in [6.07, 6.45) is 4.42. The van der Waals surface area contributed by atoms with Gasteiger partial charge in [0.1, 0.15) is 5.76 Å². The summed E-state index contributed by atoms with van der Waals surface area (Å²) in [6, 6.07) is 22.7. The van der Waals surface area contributed by atoms with Crippen LogP contribution in [0, 0.1) is 0 Å². The molecule has 3 aromatic heterocycles. The molecule has 7 heteroatoms. The molecule has 178 valence electrons. The van der Waals surface area contributed by atoms with Crippen molar-refractivity contribution in [3.05, 3.63) is 84.8 Å². The quantitative estimate of drug-likeness (QED) is 0.211. The summed E-state index contributed by atoms with van der Waals surface area (Å²) in [7, 11) is 1.73. The van der Waals surface area contributed by atoms with Crippen molar-refractivity contribution in [2.75, 3.05) is 25.6 Å². The van der Waals surface area contributed by atoms with E-state index in [0.29, 0.717) is 18.5 Å². The summed E-state index contributed by atoms with van der Waals surface area (Å²) >= 11 is 0. The minimum absolute atomic E-state index is 0.343. The number of nitrogens with zero attached hydrogens (tertiary/aromatic N) is 3. The number of rotatable bonds is 10. The number of hydrogen-bond acceptors (Lipinski definition) is 5. The first kappa shape index (κ1) is 22.8. The van der Waals surface area contributed by atoms with Gasteiger partial charge in [-0.05, 0) is 35.7 Å². The molecule has 0 amide bonds. The third kappa shape index (κ3) is 5.10. The van der Waals surface area contributed by atoms with Crippen LogP contribution >= 0.6 is 0 Å². The van der Waals surface area contributed by atoms with Crippen molar-refractivity contribution in [2.24, 2.45) is 0 Å². The number of H-pyrrole nitrogens is 1. The largest absolute Gasteiger partial charge is 0.464 e. The standard InChI is InChI=1S/C28H29N5O2/c1-20(21-9-4-3-5-10-21)18-29-28-30-19-24-27(32-28)33(14-8-15-34-2)26(31-24)23-12-6-11-22(17-23)25-13-7-16-35-25/h3-7,9-13,16-17,19-20H,8,14-15,18H2,1-2H3,(H,29,30,32)/p+1/t20-/m0/s1. The molecule has 0 unspecified atom stereocenters. The first-order chi connectivity index (χ1) is 17.2. The van der Waals surface area contributed by atoms with E-state index in [1.807, 2.05) is 30.5 Å². The Labute approximate surface area is 204 Å². The second-order valence-corrected chi connectivity index (χ2v) is 8.65. The first-order valence-corrected chi connectivity index (χ1v) is 11.9. The zero-order valence-electron chi connectivity index (χ0n) is 20.1. The van der Waals surface area contributed by atoms with E-state index in [4.69, 9.17) is 14.1 Å². The molecule has 2 aromatic carbocycles. The van der Waals surface area contributed by atoms with E-state index in [1.165, 1.54) is 5.56 Å². The smallest absolute Gasteiger partial charge is 0.307 e. The highest BCUT2D eigenvalue weighted by molar-refractivity contribution is 5.73. The Kier molecular flexibility index (Phi) is 6.86. The van der Waals surface area contributed by atoms with Gasteiger partial charge in [0.2, 0.25) is 5.82 Å². The Morgan fingerprint density at radius 1 is 1.06 bits per heavy atom. The van der Waals surface area contributed by atoms with Gasteiger partial charge in [0.05, 0.1) is 19.0 Å². The number of ether oxygens (including phenoxy) is 1. The summed E-state index contributed by atoms with van der Waals surface area (Å²) in [5, 5.41) is 3.42. The van der Waals surface area contributed by atoms with Gasteiger partial charge in [-0.1, -0.05) is 54.4 Å². The number of furan rings is 1. The third-order valence-electron chi connectivity index (χ3n) is 6.15. The number of benzene rings is 2. The van der Waals surface area contributed by atoms with Crippen LogP contribution in [0.25, 0.3) is 33.9 Å². The van der Waals surface area contributed by atoms with Crippen molar-refractivity contribution in [1.82, 2.24) is 15.0 Å². The van der Waals surface area contributed by atoms with Gasteiger partial charge in [0.15, 0.2) is 5.52 Å². The number of imidazole rings is 1. The predicted molar refractivity (Wildman–Crippen MR) is 137 cm³/mol. The van der Waals surface area contributed by atoms with Gasteiger partial charge >= 0.3 is 11.6 Å². The second-order valence-electron chi connectivity index (χ2n) is 8.65. The van der Waals surface area contributed by atoms with Crippen molar-refractivity contribution in [3.8, 4) is 22.7 Å². The molecule has 0 aliphatic heterocycles. The molecule has 0 saturated carbocycles. The van der Waals surface area contributed by atoms with Gasteiger partial charge in [-0.15, -0.1) is 0 Å². The van der Waals surface area contributed by atoms with Crippen LogP contribution in [0.4, 0.5) is 5.95 Å². The fourth-order valence-electron chi connectivity index (χ4n) is 4.27. The number of hydrogen-bond donors (Lipinski definition) is 2. The monoisotopic (exact) mass is 468 g/mol. The maximum Gasteiger partial charge on any atom is 0.307 e. The molecule has 5 aromatic rings. The van der Waals surface area contributed by atoms with E-state index >= 15 is 0 Å². The molecule has 2 N–H and O–H groups in total. The van der Waals surface area contributed by atoms with Crippen LogP contribution in [-0.4, -0.2) is 35.2 Å². The third-order valence-corrected chi connectivity index (χ3v) is 6.15. The second kappa shape index (κ2) is 10.5. The van der Waals surface area contributed by atoms with Crippen molar-refractivity contribution < 1.29 is 13.7 Å². The number of aromatic amines is 1. The van der Waals surface area contributed by atoms with Crippen LogP contribution in [0.5, 0.6) is 0 Å². The molecule has 0 radical (unpaired) electrons. The zero-order chi connectivity index (χ0) is 24.0. The number of nitrogens with one attached hydrogen (secondary N) is 2. The fourth-order valence-corrected chi connectivity index (χ4v) is 4.27. The van der Waals surface area contributed by atoms with E-state index in [1.54, 1.807) is 13.4 Å². The number of aryl methyl sites for hydroxylation is 1. The molecular weight excluding hydrogens is 438 g/mol. The summed E-state index contributed by atoms with van der Waals surface area (Å²) in [6.45, 7) is 4.40. The molecule has 0 aliphatic carbocycles. The summed E-state index contributed by atoms with van der Waals surface area (Å²) in [5.74, 6) is 2.78. The van der Waals surface area contributed by atoms with Crippen molar-refractivity contribution in [3.63, 3.8) is 0 Å². The predicted octanol–water partition coefficient (Wildman–Crippen LogP) is 5.42. The average molecular weight is 469 g/mol. The van der Waals surface area contributed by atoms with E-state index in [0.717, 1.165) is 53.4 Å². The lowest BCUT2D eigenvalue weighted by atomic mass is 10.0. The minimum Gasteiger partial charge on any atom is -0.464 e. The van der Waals surface area contributed by atoms with Crippen molar-refractivity contribution in [2.45, 2.75) is 25.8 Å². The number of fused-ring (bicyclic) bond motifs is 1. The topological polar surface area (TPSA) is 79.8 Å². The summed E-state index contributed by atoms with van der Waals surface area (Å²) in [4.78, 5) is 13.0. The molecule has 3 heterocycles. The van der Waals surface area contributed by atoms with Crippen LogP contribution in [0.2, 0.25) is 0 Å². The molecule has 0 saturated heterocycles. The highest BCUT2D eigenvalue weighted by atomic mass is 16.5. The van der Waals surface area contributed by atoms with Crippen molar-refractivity contribution >= 4 is 17.1 Å². The Balaban J connectivity index is 1.46. The van der Waals surface area contributed by atoms with Crippen LogP contribution in [-0.2, 0) is 11.3 Å². The lowest BCUT2D eigenvalue weighted by Crippen LogP contribution is -2.36. The Morgan fingerprint density at radius 2 is 1.91 bits per heavy atom. The van der Waals surface area contributed by atoms with Crippen LogP contribution in [0.15, 0.2) is 83.6 Å². The van der Waals surface area contributed by atoms with Crippen LogP contribution < -0.4 is 9.88 Å². The molecule has 1 atom stereocenters. The normalized spacial score (nSPS) is 12.2. The number of anilines is 1. The molecule has 0 aliphatic rings. The molecule has 5 rings (SSSR count). The Bertz CT molecular complexity index is 1380. The van der Waals surface area contributed by atoms with Crippen LogP contribution in [0.3, 0.4) is 0 Å². The Morgan fingerprint density at radius 3 is 2.71 bits per heavy atom. The first-order valence-electron chi connectivity index (χ1n) is 11.9. The van der Waals surface area contributed by atoms with Gasteiger partial charge in [-0.25, -0.2) is 9.55 Å². The minimum atomic E-state index is 0.343. The van der Waals surface area contributed by atoms with E-state index in [-0.39, 0.29) is 0 Å². The van der Waals surface area contributed by atoms with Gasteiger partial charge in [0.25, 0.3) is 0 Å². The van der Waals surface area contributed by atoms with Gasteiger partial charge < -0.3 is 14.5 Å². The zero-order valence-corrected chi connectivity index (χ0v) is 20.1. The number of aromatic nitrogens is 4. The number of methoxy groups -OCH3 is 1. The molecule has 35 heavy (non-hydrogen) atoms. The maximum atomic E-state index is 5.61. The molecule has 7 nitrogen and oxygen atoms in total. The SMILES string of the molecule is COCCC[n+]1c(-c2cccc(-c3ccco3)c2)[nH]c2cnc(NC[C@H](C)c3ccccc3)nc21. The summed E-state index contributed by atoms with van der Waals surface area (Å²) in [5.41, 5.74) is 5.13. The van der Waals surface area contributed by atoms with E-state index in [9.17, 15) is 0 Å². The van der Waals surface area contributed by atoms with Gasteiger partial charge in [0, 0.05) is 37.8 Å². The molecule has 0 fully saturated rings. The van der Waals surface area contributed by atoms with E-state index in [2.05, 4.69) is 69.2 Å². The lowest BCUT2D eigenvalue weighted by Gasteiger charge is -2.11. The molecular formula is C28H30N5O2+. The van der Waals surface area contributed by atoms with Crippen molar-refractivity contribution in [1.29, 1.82) is 0 Å². The lowest BCUT2D eigenvalue weighted by molar-refractivity contribution is -0.662. The average Bonchev–Trinajstić information content (AvgIpc) is 3.57. The molecule has 0 bridgehead atoms. The highest BCUT2D eigenvalue weighted by Crippen LogP contribution is 2.26. The maximum absolute atomic E-state index is 5.61. The highest BCUT2D eigenvalue weighted by Gasteiger charge is 2.22. The fraction of sp³-hybridized carbons (Fsp3) is 0.250. The Hall–Kier alpha value is -3.97. The molecule has 0 spiro atoms.